The fourth-order valence-corrected chi connectivity index (χ4v) is 7.84. The van der Waals surface area contributed by atoms with E-state index in [1.807, 2.05) is 98.8 Å². The summed E-state index contributed by atoms with van der Waals surface area (Å²) >= 11 is 0. The van der Waals surface area contributed by atoms with Crippen LogP contribution >= 0.6 is 0 Å². The van der Waals surface area contributed by atoms with Crippen molar-refractivity contribution in [3.8, 4) is 34.0 Å². The van der Waals surface area contributed by atoms with E-state index in [9.17, 15) is 13.2 Å². The summed E-state index contributed by atoms with van der Waals surface area (Å²) < 4.78 is 48.5. The van der Waals surface area contributed by atoms with Gasteiger partial charge < -0.3 is 9.55 Å². The van der Waals surface area contributed by atoms with Gasteiger partial charge in [-0.1, -0.05) is 104 Å². The van der Waals surface area contributed by atoms with Gasteiger partial charge in [0.05, 0.1) is 16.6 Å². The normalized spacial score (nSPS) is 12.1. The second-order valence-electron chi connectivity index (χ2n) is 13.9. The molecule has 0 aliphatic rings. The van der Waals surface area contributed by atoms with Gasteiger partial charge in [0.25, 0.3) is 0 Å². The summed E-state index contributed by atoms with van der Waals surface area (Å²) in [5, 5.41) is 2.71. The molecule has 0 radical (unpaired) electrons. The maximum atomic E-state index is 14.8. The minimum atomic E-state index is -4.57. The van der Waals surface area contributed by atoms with Crippen molar-refractivity contribution >= 4 is 54.6 Å². The Morgan fingerprint density at radius 2 is 1.44 bits per heavy atom. The van der Waals surface area contributed by atoms with Crippen LogP contribution in [0.2, 0.25) is 0 Å². The van der Waals surface area contributed by atoms with Crippen LogP contribution in [0.1, 0.15) is 30.9 Å². The zero-order chi connectivity index (χ0) is 36.7. The molecule has 0 unspecified atom stereocenters. The maximum absolute atomic E-state index is 14.8. The second kappa shape index (κ2) is 13.1. The summed E-state index contributed by atoms with van der Waals surface area (Å²) in [5.74, 6) is 1.12. The number of rotatable bonds is 5. The molecule has 6 aromatic carbocycles. The number of alkyl halides is 3. The molecule has 4 heterocycles. The number of pyridine rings is 1. The van der Waals surface area contributed by atoms with E-state index in [2.05, 4.69) is 45.9 Å². The molecule has 10 aromatic rings. The molecule has 0 saturated carbocycles. The van der Waals surface area contributed by atoms with Gasteiger partial charge in [-0.25, -0.2) is 9.97 Å². The zero-order valence-electron chi connectivity index (χ0n) is 29.5. The van der Waals surface area contributed by atoms with Gasteiger partial charge in [-0.3, -0.25) is 4.57 Å². The molecule has 0 aliphatic carbocycles. The molecule has 0 fully saturated rings. The van der Waals surface area contributed by atoms with Crippen LogP contribution in [-0.2, 0) is 27.2 Å². The van der Waals surface area contributed by atoms with E-state index in [-0.39, 0.29) is 32.4 Å². The van der Waals surface area contributed by atoms with E-state index >= 15 is 0 Å². The minimum absolute atomic E-state index is 0. The van der Waals surface area contributed by atoms with Crippen LogP contribution in [0, 0.1) is 6.07 Å². The van der Waals surface area contributed by atoms with Crippen molar-refractivity contribution in [1.82, 2.24) is 24.1 Å². The average Bonchev–Trinajstić information content (AvgIpc) is 3.87. The summed E-state index contributed by atoms with van der Waals surface area (Å²) in [5.41, 5.74) is 7.60. The van der Waals surface area contributed by atoms with Crippen molar-refractivity contribution in [2.75, 3.05) is 0 Å². The molecule has 0 N–H and O–H groups in total. The van der Waals surface area contributed by atoms with Gasteiger partial charge in [-0.15, -0.1) is 34.8 Å². The Bertz CT molecular complexity index is 3070. The second-order valence-corrected chi connectivity index (χ2v) is 13.9. The molecule has 0 spiro atoms. The molecule has 4 aromatic heterocycles. The number of hydrogen-bond donors (Lipinski definition) is 0. The molecule has 270 valence electrons. The van der Waals surface area contributed by atoms with Crippen molar-refractivity contribution in [2.24, 2.45) is 0 Å². The van der Waals surface area contributed by atoms with Crippen LogP contribution in [-0.4, -0.2) is 19.1 Å². The van der Waals surface area contributed by atoms with Gasteiger partial charge in [-0.05, 0) is 75.6 Å². The number of hydrogen-bond acceptors (Lipinski definition) is 2. The first-order valence-electron chi connectivity index (χ1n) is 17.8. The summed E-state index contributed by atoms with van der Waals surface area (Å²) in [6.07, 6.45) is -2.92. The summed E-state index contributed by atoms with van der Waals surface area (Å²) in [7, 11) is 0. The molecule has 0 saturated heterocycles. The molecule has 0 bridgehead atoms. The standard InChI is InChI=1S/C46H30F3N5.Pt/c1-27(2)29-24-36(46(47,48)49)42-34-22-21-28(25-39(34)54(40(42)26-29)41-20-8-9-23-50-41)31-15-11-19-38-44(31)52-45(53(38)30-12-4-3-5-13-30)35-17-10-16-33-32-14-6-7-18-37(32)51-43(33)35;/h3-24,26-27H,1-2H3;/q-2;+2. The van der Waals surface area contributed by atoms with Gasteiger partial charge in [0.2, 0.25) is 0 Å². The Labute approximate surface area is 328 Å². The summed E-state index contributed by atoms with van der Waals surface area (Å²) in [4.78, 5) is 15.0. The van der Waals surface area contributed by atoms with Gasteiger partial charge in [0.15, 0.2) is 0 Å². The molecule has 0 amide bonds. The molecule has 5 nitrogen and oxygen atoms in total. The molecular formula is C46H30F3N5Pt. The minimum Gasteiger partial charge on any atom is -0.656 e. The van der Waals surface area contributed by atoms with Crippen LogP contribution in [0.3, 0.4) is 0 Å². The first kappa shape index (κ1) is 34.8. The molecule has 55 heavy (non-hydrogen) atoms. The first-order chi connectivity index (χ1) is 26.3. The SMILES string of the molecule is CC(C)c1cc(C(F)(F)F)c2c3ccc(-c4cccc5c4nc(-c4cccc6c4[n-]c4ccccc46)n5-c4ccccc4)[c-]c3n(-c3ccccn3)c2c1.[Pt+2]. The van der Waals surface area contributed by atoms with Gasteiger partial charge >= 0.3 is 27.2 Å². The molecule has 10 rings (SSSR count). The van der Waals surface area contributed by atoms with Gasteiger partial charge in [0.1, 0.15) is 11.6 Å². The largest absolute Gasteiger partial charge is 2.00 e. The van der Waals surface area contributed by atoms with Crippen molar-refractivity contribution in [3.63, 3.8) is 0 Å². The number of nitrogens with zero attached hydrogens (tertiary/aromatic N) is 5. The van der Waals surface area contributed by atoms with E-state index in [0.717, 1.165) is 55.5 Å². The number of benzene rings is 6. The van der Waals surface area contributed by atoms with Crippen LogP contribution in [0.15, 0.2) is 140 Å². The Kier molecular flexibility index (Phi) is 8.28. The predicted molar refractivity (Wildman–Crippen MR) is 210 cm³/mol. The van der Waals surface area contributed by atoms with Crippen molar-refractivity contribution in [3.05, 3.63) is 157 Å². The Balaban J connectivity index is 0.00000397. The quantitative estimate of drug-likeness (QED) is 0.162. The fourth-order valence-electron chi connectivity index (χ4n) is 7.84. The van der Waals surface area contributed by atoms with E-state index in [4.69, 9.17) is 9.97 Å². The summed E-state index contributed by atoms with van der Waals surface area (Å²) in [6, 6.07) is 46.2. The molecular weight excluding hydrogens is 875 g/mol. The topological polar surface area (TPSA) is 49.7 Å². The molecule has 0 aliphatic heterocycles. The van der Waals surface area contributed by atoms with Crippen molar-refractivity contribution < 1.29 is 34.2 Å². The number of imidazole rings is 1. The van der Waals surface area contributed by atoms with Crippen LogP contribution in [0.25, 0.3) is 88.7 Å². The molecule has 9 heteroatoms. The van der Waals surface area contributed by atoms with Crippen LogP contribution in [0.5, 0.6) is 0 Å². The average molecular weight is 905 g/mol. The Hall–Kier alpha value is -5.98. The monoisotopic (exact) mass is 904 g/mol. The van der Waals surface area contributed by atoms with Crippen molar-refractivity contribution in [2.45, 2.75) is 25.9 Å². The summed E-state index contributed by atoms with van der Waals surface area (Å²) in [6.45, 7) is 3.80. The Morgan fingerprint density at radius 1 is 0.691 bits per heavy atom. The fraction of sp³-hybridized carbons (Fsp3) is 0.0870. The van der Waals surface area contributed by atoms with Crippen LogP contribution < -0.4 is 4.98 Å². The third-order valence-electron chi connectivity index (χ3n) is 10.3. The number of fused-ring (bicyclic) bond motifs is 7. The van der Waals surface area contributed by atoms with Gasteiger partial charge in [-0.2, -0.15) is 13.2 Å². The number of aromatic nitrogens is 5. The zero-order valence-corrected chi connectivity index (χ0v) is 31.8. The smallest absolute Gasteiger partial charge is 0.656 e. The maximum Gasteiger partial charge on any atom is 2.00 e. The third-order valence-corrected chi connectivity index (χ3v) is 10.3. The third kappa shape index (κ3) is 5.50. The van der Waals surface area contributed by atoms with E-state index in [1.165, 1.54) is 6.07 Å². The van der Waals surface area contributed by atoms with Crippen LogP contribution in [0.4, 0.5) is 13.2 Å². The van der Waals surface area contributed by atoms with E-state index in [0.29, 0.717) is 33.4 Å². The predicted octanol–water partition coefficient (Wildman–Crippen LogP) is 12.1. The number of para-hydroxylation sites is 4. The van der Waals surface area contributed by atoms with E-state index in [1.54, 1.807) is 22.9 Å². The van der Waals surface area contributed by atoms with Crippen molar-refractivity contribution in [1.29, 1.82) is 0 Å². The molecule has 0 atom stereocenters. The van der Waals surface area contributed by atoms with Gasteiger partial charge in [0, 0.05) is 23.0 Å². The first-order valence-corrected chi connectivity index (χ1v) is 17.8. The number of halogens is 3. The Morgan fingerprint density at radius 3 is 2.22 bits per heavy atom. The van der Waals surface area contributed by atoms with E-state index < -0.39 is 11.7 Å².